The number of hydrogen-bond donors (Lipinski definition) is 2. The summed E-state index contributed by atoms with van der Waals surface area (Å²) in [5, 5.41) is 15.1. The number of aromatic nitrogens is 2. The summed E-state index contributed by atoms with van der Waals surface area (Å²) in [5.74, 6) is -0.618. The van der Waals surface area contributed by atoms with Crippen molar-refractivity contribution in [3.05, 3.63) is 40.4 Å². The van der Waals surface area contributed by atoms with E-state index in [0.717, 1.165) is 23.4 Å². The van der Waals surface area contributed by atoms with Gasteiger partial charge in [0.05, 0.1) is 0 Å². The minimum atomic E-state index is -0.659. The van der Waals surface area contributed by atoms with E-state index in [1.807, 2.05) is 26.0 Å². The normalized spacial score (nSPS) is 12.7. The first-order valence-corrected chi connectivity index (χ1v) is 10.5. The molecule has 1 heterocycles. The minimum Gasteiger partial charge on any atom is -0.340 e. The van der Waals surface area contributed by atoms with Gasteiger partial charge in [-0.15, -0.1) is 10.2 Å². The number of aryl methyl sites for hydroxylation is 1. The van der Waals surface area contributed by atoms with E-state index in [1.54, 1.807) is 12.1 Å². The summed E-state index contributed by atoms with van der Waals surface area (Å²) in [4.78, 5) is 25.3. The van der Waals surface area contributed by atoms with Crippen LogP contribution in [0.2, 0.25) is 0 Å². The lowest BCUT2D eigenvalue weighted by Crippen LogP contribution is -2.47. The highest BCUT2D eigenvalue weighted by Crippen LogP contribution is 2.22. The molecule has 7 heteroatoms. The molecule has 0 aliphatic heterocycles. The van der Waals surface area contributed by atoms with E-state index in [0.29, 0.717) is 10.7 Å². The Labute approximate surface area is 171 Å². The van der Waals surface area contributed by atoms with E-state index in [9.17, 15) is 9.59 Å². The minimum absolute atomic E-state index is 0.0216. The van der Waals surface area contributed by atoms with Crippen molar-refractivity contribution in [3.8, 4) is 0 Å². The van der Waals surface area contributed by atoms with Gasteiger partial charge in [0.15, 0.2) is 0 Å². The Morgan fingerprint density at radius 3 is 2.29 bits per heavy atom. The van der Waals surface area contributed by atoms with Crippen molar-refractivity contribution in [2.24, 2.45) is 5.92 Å². The predicted octanol–water partition coefficient (Wildman–Crippen LogP) is 4.18. The van der Waals surface area contributed by atoms with Crippen LogP contribution in [0.1, 0.15) is 68.9 Å². The summed E-state index contributed by atoms with van der Waals surface area (Å²) in [6.45, 7) is 12.2. The van der Waals surface area contributed by atoms with Crippen LogP contribution in [-0.4, -0.2) is 28.1 Å². The van der Waals surface area contributed by atoms with Crippen molar-refractivity contribution < 1.29 is 9.59 Å². The molecule has 0 bridgehead atoms. The van der Waals surface area contributed by atoms with Gasteiger partial charge in [0.25, 0.3) is 5.91 Å². The molecule has 152 valence electrons. The zero-order chi connectivity index (χ0) is 20.9. The van der Waals surface area contributed by atoms with Gasteiger partial charge >= 0.3 is 0 Å². The van der Waals surface area contributed by atoms with Crippen LogP contribution in [0.25, 0.3) is 0 Å². The average Bonchev–Trinajstić information content (AvgIpc) is 3.05. The summed E-state index contributed by atoms with van der Waals surface area (Å²) in [7, 11) is 0. The van der Waals surface area contributed by atoms with Crippen molar-refractivity contribution in [3.63, 3.8) is 0 Å². The van der Waals surface area contributed by atoms with Gasteiger partial charge in [-0.2, -0.15) is 0 Å². The molecule has 1 aromatic carbocycles. The summed E-state index contributed by atoms with van der Waals surface area (Å²) in [5.41, 5.74) is 1.71. The molecule has 0 aliphatic rings. The topological polar surface area (TPSA) is 84.0 Å². The number of amides is 2. The van der Waals surface area contributed by atoms with Gasteiger partial charge in [0.1, 0.15) is 11.0 Å². The molecule has 2 rings (SSSR count). The third-order valence-electron chi connectivity index (χ3n) is 4.41. The molecule has 0 spiro atoms. The molecule has 2 aromatic rings. The molecule has 28 heavy (non-hydrogen) atoms. The number of carbonyl (C=O) groups is 2. The molecule has 0 saturated heterocycles. The Hall–Kier alpha value is -2.28. The van der Waals surface area contributed by atoms with Crippen LogP contribution in [0, 0.1) is 5.92 Å². The zero-order valence-corrected chi connectivity index (χ0v) is 18.3. The number of hydrogen-bond acceptors (Lipinski definition) is 5. The molecular weight excluding hydrogens is 372 g/mol. The van der Waals surface area contributed by atoms with Gasteiger partial charge in [-0.1, -0.05) is 65.0 Å². The standard InChI is InChI=1S/C21H30N4O2S/c1-7-8-16-24-25-20(28-16)23-19(27)17(13(2)3)22-18(26)14-9-11-15(12-10-14)21(4,5)6/h9-13,17H,7-8H2,1-6H3,(H,22,26)(H,23,25,27)/t17-/m0/s1. The summed E-state index contributed by atoms with van der Waals surface area (Å²) >= 11 is 1.37. The molecule has 6 nitrogen and oxygen atoms in total. The first kappa shape index (κ1) is 22.0. The third kappa shape index (κ3) is 5.86. The van der Waals surface area contributed by atoms with Gasteiger partial charge in [0, 0.05) is 12.0 Å². The predicted molar refractivity (Wildman–Crippen MR) is 114 cm³/mol. The summed E-state index contributed by atoms with van der Waals surface area (Å²) < 4.78 is 0. The number of nitrogens with zero attached hydrogens (tertiary/aromatic N) is 2. The SMILES string of the molecule is CCCc1nnc(NC(=O)[C@@H](NC(=O)c2ccc(C(C)(C)C)cc2)C(C)C)s1. The van der Waals surface area contributed by atoms with Crippen LogP contribution < -0.4 is 10.6 Å². The van der Waals surface area contributed by atoms with Crippen molar-refractivity contribution >= 4 is 28.3 Å². The molecule has 0 aliphatic carbocycles. The monoisotopic (exact) mass is 402 g/mol. The maximum absolute atomic E-state index is 12.7. The lowest BCUT2D eigenvalue weighted by atomic mass is 9.86. The van der Waals surface area contributed by atoms with Crippen LogP contribution >= 0.6 is 11.3 Å². The van der Waals surface area contributed by atoms with E-state index >= 15 is 0 Å². The highest BCUT2D eigenvalue weighted by Gasteiger charge is 2.26. The molecule has 2 amide bonds. The fraction of sp³-hybridized carbons (Fsp3) is 0.524. The van der Waals surface area contributed by atoms with Gasteiger partial charge < -0.3 is 5.32 Å². The van der Waals surface area contributed by atoms with Gasteiger partial charge in [-0.05, 0) is 35.4 Å². The van der Waals surface area contributed by atoms with Crippen molar-refractivity contribution in [1.82, 2.24) is 15.5 Å². The van der Waals surface area contributed by atoms with Crippen molar-refractivity contribution in [2.45, 2.75) is 65.8 Å². The number of carbonyl (C=O) groups excluding carboxylic acids is 2. The van der Waals surface area contributed by atoms with E-state index in [4.69, 9.17) is 0 Å². The molecule has 0 unspecified atom stereocenters. The maximum Gasteiger partial charge on any atom is 0.251 e. The second-order valence-corrected chi connectivity index (χ2v) is 9.32. The van der Waals surface area contributed by atoms with E-state index in [1.165, 1.54) is 11.3 Å². The lowest BCUT2D eigenvalue weighted by Gasteiger charge is -2.22. The quantitative estimate of drug-likeness (QED) is 0.728. The largest absolute Gasteiger partial charge is 0.340 e. The van der Waals surface area contributed by atoms with E-state index < -0.39 is 6.04 Å². The molecule has 1 aromatic heterocycles. The summed E-state index contributed by atoms with van der Waals surface area (Å²) in [6, 6.07) is 6.85. The third-order valence-corrected chi connectivity index (χ3v) is 5.31. The van der Waals surface area contributed by atoms with Crippen LogP contribution in [0.5, 0.6) is 0 Å². The Kier molecular flexibility index (Phi) is 7.29. The van der Waals surface area contributed by atoms with Gasteiger partial charge in [-0.3, -0.25) is 14.9 Å². The highest BCUT2D eigenvalue weighted by atomic mass is 32.1. The molecule has 0 radical (unpaired) electrons. The fourth-order valence-corrected chi connectivity index (χ4v) is 3.53. The average molecular weight is 403 g/mol. The smallest absolute Gasteiger partial charge is 0.251 e. The summed E-state index contributed by atoms with van der Waals surface area (Å²) in [6.07, 6.45) is 1.81. The molecular formula is C21H30N4O2S. The maximum atomic E-state index is 12.7. The van der Waals surface area contributed by atoms with Crippen molar-refractivity contribution in [2.75, 3.05) is 5.32 Å². The number of rotatable bonds is 7. The second-order valence-electron chi connectivity index (χ2n) is 8.26. The van der Waals surface area contributed by atoms with E-state index in [-0.39, 0.29) is 23.1 Å². The van der Waals surface area contributed by atoms with Crippen LogP contribution in [0.4, 0.5) is 5.13 Å². The number of anilines is 1. The van der Waals surface area contributed by atoms with E-state index in [2.05, 4.69) is 48.5 Å². The Bertz CT molecular complexity index is 807. The molecule has 2 N–H and O–H groups in total. The highest BCUT2D eigenvalue weighted by molar-refractivity contribution is 7.15. The van der Waals surface area contributed by atoms with Gasteiger partial charge in [0.2, 0.25) is 11.0 Å². The van der Waals surface area contributed by atoms with Gasteiger partial charge in [-0.25, -0.2) is 0 Å². The van der Waals surface area contributed by atoms with Crippen molar-refractivity contribution in [1.29, 1.82) is 0 Å². The zero-order valence-electron chi connectivity index (χ0n) is 17.5. The molecule has 1 atom stereocenters. The Morgan fingerprint density at radius 2 is 1.75 bits per heavy atom. The van der Waals surface area contributed by atoms with Crippen LogP contribution in [-0.2, 0) is 16.6 Å². The lowest BCUT2D eigenvalue weighted by molar-refractivity contribution is -0.118. The molecule has 0 saturated carbocycles. The van der Waals surface area contributed by atoms with Crippen LogP contribution in [0.3, 0.4) is 0 Å². The van der Waals surface area contributed by atoms with Crippen LogP contribution in [0.15, 0.2) is 24.3 Å². The molecule has 0 fully saturated rings. The fourth-order valence-electron chi connectivity index (χ4n) is 2.68. The Balaban J connectivity index is 2.06. The Morgan fingerprint density at radius 1 is 1.11 bits per heavy atom. The number of benzene rings is 1. The first-order valence-electron chi connectivity index (χ1n) is 9.66. The first-order chi connectivity index (χ1) is 13.1. The number of nitrogens with one attached hydrogen (secondary N) is 2. The second kappa shape index (κ2) is 9.28.